The van der Waals surface area contributed by atoms with E-state index in [0.717, 1.165) is 38.0 Å². The van der Waals surface area contributed by atoms with Crippen LogP contribution >= 0.6 is 24.0 Å². The van der Waals surface area contributed by atoms with Crippen LogP contribution in [0.25, 0.3) is 0 Å². The number of anilines is 1. The first kappa shape index (κ1) is 19.0. The van der Waals surface area contributed by atoms with E-state index in [0.29, 0.717) is 5.92 Å². The van der Waals surface area contributed by atoms with Gasteiger partial charge in [0, 0.05) is 39.4 Å². The number of hydrogen-bond donors (Lipinski definition) is 2. The monoisotopic (exact) mass is 417 g/mol. The van der Waals surface area contributed by atoms with Crippen molar-refractivity contribution in [1.29, 1.82) is 0 Å². The standard InChI is InChI=1S/C16H27N5.HI/c1-13(2)11-19-16(17-3)20-12-14-6-7-18-15(10-14)21-8-4-5-9-21;/h6-7,10,13H,4-5,8-9,11-12H2,1-3H3,(H2,17,19,20);1H. The molecule has 0 atom stereocenters. The lowest BCUT2D eigenvalue weighted by Gasteiger charge is -2.17. The molecule has 2 heterocycles. The molecular formula is C16H28IN5. The van der Waals surface area contributed by atoms with Crippen LogP contribution in [0.2, 0.25) is 0 Å². The van der Waals surface area contributed by atoms with Crippen molar-refractivity contribution in [2.45, 2.75) is 33.2 Å². The zero-order chi connectivity index (χ0) is 15.1. The van der Waals surface area contributed by atoms with E-state index in [1.807, 2.05) is 6.20 Å². The summed E-state index contributed by atoms with van der Waals surface area (Å²) in [6.45, 7) is 8.32. The minimum absolute atomic E-state index is 0. The second kappa shape index (κ2) is 9.86. The summed E-state index contributed by atoms with van der Waals surface area (Å²) in [7, 11) is 1.80. The lowest BCUT2D eigenvalue weighted by Crippen LogP contribution is -2.38. The molecule has 0 spiro atoms. The van der Waals surface area contributed by atoms with E-state index >= 15 is 0 Å². The van der Waals surface area contributed by atoms with Gasteiger partial charge in [0.05, 0.1) is 0 Å². The summed E-state index contributed by atoms with van der Waals surface area (Å²) in [6.07, 6.45) is 4.45. The Hall–Kier alpha value is -1.05. The van der Waals surface area contributed by atoms with Gasteiger partial charge in [-0.1, -0.05) is 13.8 Å². The van der Waals surface area contributed by atoms with Gasteiger partial charge in [-0.05, 0) is 36.5 Å². The summed E-state index contributed by atoms with van der Waals surface area (Å²) < 4.78 is 0. The van der Waals surface area contributed by atoms with Crippen LogP contribution in [0.15, 0.2) is 23.3 Å². The molecule has 0 aromatic carbocycles. The molecule has 2 rings (SSSR count). The minimum Gasteiger partial charge on any atom is -0.357 e. The highest BCUT2D eigenvalue weighted by molar-refractivity contribution is 14.0. The second-order valence-corrected chi connectivity index (χ2v) is 5.92. The predicted molar refractivity (Wildman–Crippen MR) is 104 cm³/mol. The number of guanidine groups is 1. The van der Waals surface area contributed by atoms with Gasteiger partial charge in [-0.25, -0.2) is 4.98 Å². The van der Waals surface area contributed by atoms with Gasteiger partial charge < -0.3 is 15.5 Å². The molecule has 5 nitrogen and oxygen atoms in total. The van der Waals surface area contributed by atoms with E-state index in [2.05, 4.69) is 51.5 Å². The maximum atomic E-state index is 4.48. The lowest BCUT2D eigenvalue weighted by molar-refractivity contribution is 0.614. The summed E-state index contributed by atoms with van der Waals surface area (Å²) in [6, 6.07) is 4.23. The largest absolute Gasteiger partial charge is 0.357 e. The van der Waals surface area contributed by atoms with Crippen molar-refractivity contribution in [1.82, 2.24) is 15.6 Å². The predicted octanol–water partition coefficient (Wildman–Crippen LogP) is 2.62. The fourth-order valence-corrected chi connectivity index (χ4v) is 2.40. The van der Waals surface area contributed by atoms with E-state index < -0.39 is 0 Å². The number of nitrogens with one attached hydrogen (secondary N) is 2. The van der Waals surface area contributed by atoms with E-state index in [1.54, 1.807) is 7.05 Å². The van der Waals surface area contributed by atoms with Gasteiger partial charge in [-0.15, -0.1) is 24.0 Å². The van der Waals surface area contributed by atoms with Crippen LogP contribution in [0.5, 0.6) is 0 Å². The number of aromatic nitrogens is 1. The maximum Gasteiger partial charge on any atom is 0.191 e. The number of halogens is 1. The third kappa shape index (κ3) is 5.98. The molecule has 1 saturated heterocycles. The third-order valence-electron chi connectivity index (χ3n) is 3.60. The quantitative estimate of drug-likeness (QED) is 0.440. The molecule has 2 N–H and O–H groups in total. The second-order valence-electron chi connectivity index (χ2n) is 5.92. The molecule has 1 fully saturated rings. The average Bonchev–Trinajstić information content (AvgIpc) is 3.02. The van der Waals surface area contributed by atoms with Gasteiger partial charge >= 0.3 is 0 Å². The third-order valence-corrected chi connectivity index (χ3v) is 3.60. The molecule has 0 amide bonds. The Kier molecular flexibility index (Phi) is 8.52. The molecule has 0 aliphatic carbocycles. The van der Waals surface area contributed by atoms with Crippen LogP contribution < -0.4 is 15.5 Å². The summed E-state index contributed by atoms with van der Waals surface area (Å²) in [5.41, 5.74) is 1.24. The molecule has 0 unspecified atom stereocenters. The minimum atomic E-state index is 0. The Morgan fingerprint density at radius 3 is 2.68 bits per heavy atom. The Labute approximate surface area is 151 Å². The summed E-state index contributed by atoms with van der Waals surface area (Å²) in [5, 5.41) is 6.67. The van der Waals surface area contributed by atoms with E-state index in [-0.39, 0.29) is 24.0 Å². The Morgan fingerprint density at radius 1 is 1.32 bits per heavy atom. The van der Waals surface area contributed by atoms with Crippen molar-refractivity contribution < 1.29 is 0 Å². The number of hydrogen-bond acceptors (Lipinski definition) is 3. The zero-order valence-electron chi connectivity index (χ0n) is 13.8. The molecular weight excluding hydrogens is 389 g/mol. The fourth-order valence-electron chi connectivity index (χ4n) is 2.40. The van der Waals surface area contributed by atoms with Crippen molar-refractivity contribution in [2.75, 3.05) is 31.6 Å². The molecule has 1 aromatic rings. The van der Waals surface area contributed by atoms with Crippen molar-refractivity contribution in [3.63, 3.8) is 0 Å². The van der Waals surface area contributed by atoms with Gasteiger partial charge in [0.2, 0.25) is 0 Å². The number of aliphatic imine (C=N–C) groups is 1. The number of nitrogens with zero attached hydrogens (tertiary/aromatic N) is 3. The molecule has 124 valence electrons. The van der Waals surface area contributed by atoms with Crippen molar-refractivity contribution >= 4 is 35.8 Å². The van der Waals surface area contributed by atoms with Crippen LogP contribution in [-0.4, -0.2) is 37.6 Å². The molecule has 0 radical (unpaired) electrons. The Balaban J connectivity index is 0.00000242. The Morgan fingerprint density at radius 2 is 2.05 bits per heavy atom. The van der Waals surface area contributed by atoms with E-state index in [9.17, 15) is 0 Å². The highest BCUT2D eigenvalue weighted by Crippen LogP contribution is 2.18. The average molecular weight is 417 g/mol. The summed E-state index contributed by atoms with van der Waals surface area (Å²) in [4.78, 5) is 11.1. The van der Waals surface area contributed by atoms with Crippen LogP contribution in [0, 0.1) is 5.92 Å². The van der Waals surface area contributed by atoms with Crippen LogP contribution in [-0.2, 0) is 6.54 Å². The molecule has 0 bridgehead atoms. The number of rotatable bonds is 5. The Bertz CT molecular complexity index is 469. The molecule has 6 heteroatoms. The van der Waals surface area contributed by atoms with Gasteiger partial charge in [-0.3, -0.25) is 4.99 Å². The van der Waals surface area contributed by atoms with Crippen molar-refractivity contribution in [2.24, 2.45) is 10.9 Å². The van der Waals surface area contributed by atoms with Gasteiger partial charge in [0.25, 0.3) is 0 Å². The maximum absolute atomic E-state index is 4.48. The van der Waals surface area contributed by atoms with Gasteiger partial charge in [0.1, 0.15) is 5.82 Å². The molecule has 1 aliphatic rings. The topological polar surface area (TPSA) is 52.6 Å². The van der Waals surface area contributed by atoms with Crippen molar-refractivity contribution in [3.05, 3.63) is 23.9 Å². The smallest absolute Gasteiger partial charge is 0.191 e. The van der Waals surface area contributed by atoms with E-state index in [4.69, 9.17) is 0 Å². The van der Waals surface area contributed by atoms with Crippen LogP contribution in [0.4, 0.5) is 5.82 Å². The first-order valence-corrected chi connectivity index (χ1v) is 7.83. The molecule has 0 saturated carbocycles. The van der Waals surface area contributed by atoms with Crippen molar-refractivity contribution in [3.8, 4) is 0 Å². The normalized spacial score (nSPS) is 14.9. The summed E-state index contributed by atoms with van der Waals surface area (Å²) in [5.74, 6) is 2.55. The lowest BCUT2D eigenvalue weighted by atomic mass is 10.2. The highest BCUT2D eigenvalue weighted by atomic mass is 127. The van der Waals surface area contributed by atoms with Gasteiger partial charge in [0.15, 0.2) is 5.96 Å². The summed E-state index contributed by atoms with van der Waals surface area (Å²) >= 11 is 0. The molecule has 1 aliphatic heterocycles. The van der Waals surface area contributed by atoms with Crippen LogP contribution in [0.3, 0.4) is 0 Å². The first-order chi connectivity index (χ1) is 10.2. The fraction of sp³-hybridized carbons (Fsp3) is 0.625. The first-order valence-electron chi connectivity index (χ1n) is 7.83. The highest BCUT2D eigenvalue weighted by Gasteiger charge is 2.13. The SMILES string of the molecule is CN=C(NCc1ccnc(N2CCCC2)c1)NCC(C)C.I. The van der Waals surface area contributed by atoms with Gasteiger partial charge in [-0.2, -0.15) is 0 Å². The van der Waals surface area contributed by atoms with E-state index in [1.165, 1.54) is 18.4 Å². The van der Waals surface area contributed by atoms with Crippen LogP contribution in [0.1, 0.15) is 32.3 Å². The zero-order valence-corrected chi connectivity index (χ0v) is 16.1. The molecule has 22 heavy (non-hydrogen) atoms. The molecule has 1 aromatic heterocycles. The number of pyridine rings is 1.